The maximum atomic E-state index is 7.57. The predicted molar refractivity (Wildman–Crippen MR) is 56.7 cm³/mol. The molecule has 1 N–H and O–H groups in total. The van der Waals surface area contributed by atoms with Gasteiger partial charge in [-0.1, -0.05) is 12.1 Å². The second-order valence-corrected chi connectivity index (χ2v) is 3.30. The molecule has 1 aromatic carbocycles. The SMILES string of the molecule is [2H]c1cc2c(cc1[2H])OC(C1=NC([2H])CN1)CO2. The van der Waals surface area contributed by atoms with Crippen LogP contribution in [0.1, 0.15) is 4.11 Å². The monoisotopic (exact) mass is 207 g/mol. The number of amidine groups is 1. The van der Waals surface area contributed by atoms with Crippen molar-refractivity contribution in [1.82, 2.24) is 5.32 Å². The molecule has 0 aromatic heterocycles. The Bertz CT molecular complexity index is 521. The zero-order valence-electron chi connectivity index (χ0n) is 11.0. The van der Waals surface area contributed by atoms with Crippen molar-refractivity contribution in [3.8, 4) is 11.5 Å². The van der Waals surface area contributed by atoms with Crippen molar-refractivity contribution >= 4 is 5.84 Å². The summed E-state index contributed by atoms with van der Waals surface area (Å²) in [7, 11) is 0. The molecule has 0 spiro atoms. The van der Waals surface area contributed by atoms with Gasteiger partial charge in [-0.15, -0.1) is 0 Å². The van der Waals surface area contributed by atoms with E-state index in [0.717, 1.165) is 0 Å². The molecule has 15 heavy (non-hydrogen) atoms. The Morgan fingerprint density at radius 1 is 1.47 bits per heavy atom. The fraction of sp³-hybridized carbons (Fsp3) is 0.364. The Hall–Kier alpha value is -1.71. The van der Waals surface area contributed by atoms with E-state index in [1.807, 2.05) is 0 Å². The van der Waals surface area contributed by atoms with Crippen LogP contribution >= 0.6 is 0 Å². The molecule has 2 heterocycles. The van der Waals surface area contributed by atoms with Crippen molar-refractivity contribution in [3.63, 3.8) is 0 Å². The Morgan fingerprint density at radius 3 is 3.13 bits per heavy atom. The molecule has 4 heteroatoms. The van der Waals surface area contributed by atoms with Gasteiger partial charge < -0.3 is 14.8 Å². The van der Waals surface area contributed by atoms with Gasteiger partial charge in [0.1, 0.15) is 12.4 Å². The van der Waals surface area contributed by atoms with Crippen LogP contribution in [0, 0.1) is 0 Å². The lowest BCUT2D eigenvalue weighted by atomic mass is 10.2. The minimum atomic E-state index is -0.493. The molecular formula is C11H12N2O2. The maximum Gasteiger partial charge on any atom is 0.189 e. The van der Waals surface area contributed by atoms with E-state index in [0.29, 0.717) is 30.5 Å². The lowest BCUT2D eigenvalue weighted by Crippen LogP contribution is -2.42. The van der Waals surface area contributed by atoms with E-state index in [9.17, 15) is 0 Å². The summed E-state index contributed by atoms with van der Waals surface area (Å²) in [6, 6.07) is 3.15. The third kappa shape index (κ3) is 1.52. The number of ether oxygens (including phenoxy) is 2. The highest BCUT2D eigenvalue weighted by atomic mass is 16.6. The number of hydrogen-bond acceptors (Lipinski definition) is 4. The lowest BCUT2D eigenvalue weighted by molar-refractivity contribution is 0.133. The van der Waals surface area contributed by atoms with E-state index in [1.54, 1.807) is 0 Å². The average molecular weight is 207 g/mol. The molecule has 2 aliphatic rings. The summed E-state index contributed by atoms with van der Waals surface area (Å²) in [4.78, 5) is 4.11. The predicted octanol–water partition coefficient (Wildman–Crippen LogP) is 0.828. The van der Waals surface area contributed by atoms with E-state index in [4.69, 9.17) is 13.6 Å². The van der Waals surface area contributed by atoms with Gasteiger partial charge in [-0.2, -0.15) is 0 Å². The van der Waals surface area contributed by atoms with Crippen LogP contribution in [-0.2, 0) is 0 Å². The topological polar surface area (TPSA) is 42.8 Å². The number of nitrogens with one attached hydrogen (secondary N) is 1. The van der Waals surface area contributed by atoms with Crippen LogP contribution in [0.15, 0.2) is 29.2 Å². The van der Waals surface area contributed by atoms with Gasteiger partial charge in [-0.3, -0.25) is 4.99 Å². The third-order valence-corrected chi connectivity index (χ3v) is 2.30. The van der Waals surface area contributed by atoms with Gasteiger partial charge in [-0.05, 0) is 12.1 Å². The first-order valence-corrected chi connectivity index (χ1v) is 4.78. The summed E-state index contributed by atoms with van der Waals surface area (Å²) in [6.07, 6.45) is -0.371. The number of hydrogen-bond donors (Lipinski definition) is 1. The molecule has 0 saturated heterocycles. The molecule has 0 radical (unpaired) electrons. The van der Waals surface area contributed by atoms with E-state index < -0.39 is 6.52 Å². The highest BCUT2D eigenvalue weighted by Crippen LogP contribution is 2.31. The van der Waals surface area contributed by atoms with Crippen LogP contribution in [0.25, 0.3) is 0 Å². The van der Waals surface area contributed by atoms with Crippen LogP contribution in [-0.4, -0.2) is 31.6 Å². The largest absolute Gasteiger partial charge is 0.485 e. The van der Waals surface area contributed by atoms with Crippen molar-refractivity contribution in [2.75, 3.05) is 19.7 Å². The number of rotatable bonds is 1. The van der Waals surface area contributed by atoms with Crippen LogP contribution in [0.4, 0.5) is 0 Å². The smallest absolute Gasteiger partial charge is 0.189 e. The first kappa shape index (κ1) is 6.00. The van der Waals surface area contributed by atoms with Gasteiger partial charge in [0.2, 0.25) is 0 Å². The summed E-state index contributed by atoms with van der Waals surface area (Å²) < 4.78 is 33.8. The van der Waals surface area contributed by atoms with E-state index in [1.165, 1.54) is 12.1 Å². The minimum Gasteiger partial charge on any atom is -0.485 e. The Balaban J connectivity index is 1.85. The molecule has 2 atom stereocenters. The number of aliphatic imine (C=N–C) groups is 1. The molecule has 0 bridgehead atoms. The van der Waals surface area contributed by atoms with Gasteiger partial charge in [0.05, 0.1) is 10.6 Å². The summed E-state index contributed by atoms with van der Waals surface area (Å²) in [5.74, 6) is 1.54. The second kappa shape index (κ2) is 3.46. The van der Waals surface area contributed by atoms with Gasteiger partial charge in [-0.25, -0.2) is 0 Å². The van der Waals surface area contributed by atoms with Gasteiger partial charge in [0.25, 0.3) is 0 Å². The molecule has 78 valence electrons. The molecule has 0 aliphatic carbocycles. The normalized spacial score (nSPS) is 30.9. The van der Waals surface area contributed by atoms with Gasteiger partial charge in [0, 0.05) is 6.54 Å². The number of fused-ring (bicyclic) bond motifs is 1. The fourth-order valence-electron chi connectivity index (χ4n) is 1.59. The highest BCUT2D eigenvalue weighted by molar-refractivity contribution is 5.88. The first-order valence-electron chi connectivity index (χ1n) is 6.36. The van der Waals surface area contributed by atoms with Crippen molar-refractivity contribution in [1.29, 1.82) is 0 Å². The van der Waals surface area contributed by atoms with E-state index in [2.05, 4.69) is 10.3 Å². The third-order valence-electron chi connectivity index (χ3n) is 2.30. The molecule has 4 nitrogen and oxygen atoms in total. The highest BCUT2D eigenvalue weighted by Gasteiger charge is 2.26. The molecule has 0 fully saturated rings. The zero-order chi connectivity index (χ0) is 12.7. The van der Waals surface area contributed by atoms with Crippen LogP contribution in [0.5, 0.6) is 11.5 Å². The molecular weight excluding hydrogens is 192 g/mol. The van der Waals surface area contributed by atoms with Gasteiger partial charge >= 0.3 is 0 Å². The fourth-order valence-corrected chi connectivity index (χ4v) is 1.59. The molecule has 3 rings (SSSR count). The van der Waals surface area contributed by atoms with Gasteiger partial charge in [0.15, 0.2) is 17.6 Å². The maximum absolute atomic E-state index is 7.57. The van der Waals surface area contributed by atoms with Crippen molar-refractivity contribution in [2.24, 2.45) is 4.99 Å². The second-order valence-electron chi connectivity index (χ2n) is 3.30. The lowest BCUT2D eigenvalue weighted by Gasteiger charge is -2.26. The van der Waals surface area contributed by atoms with Crippen molar-refractivity contribution in [2.45, 2.75) is 6.10 Å². The summed E-state index contributed by atoms with van der Waals surface area (Å²) in [5, 5.41) is 3.01. The molecule has 0 saturated carbocycles. The molecule has 0 amide bonds. The number of benzene rings is 1. The summed E-state index contributed by atoms with van der Waals surface area (Å²) >= 11 is 0. The molecule has 2 aliphatic heterocycles. The van der Waals surface area contributed by atoms with Crippen molar-refractivity contribution < 1.29 is 13.6 Å². The Labute approximate surface area is 92.1 Å². The summed E-state index contributed by atoms with van der Waals surface area (Å²) in [6.45, 7) is 0.284. The quantitative estimate of drug-likeness (QED) is 0.741. The van der Waals surface area contributed by atoms with Crippen LogP contribution in [0.3, 0.4) is 0 Å². The molecule has 2 unspecified atom stereocenters. The Morgan fingerprint density at radius 2 is 2.33 bits per heavy atom. The number of nitrogens with zero attached hydrogens (tertiary/aromatic N) is 1. The summed E-state index contributed by atoms with van der Waals surface area (Å²) in [5.41, 5.74) is 0. The zero-order valence-corrected chi connectivity index (χ0v) is 7.99. The Kier molecular flexibility index (Phi) is 1.38. The van der Waals surface area contributed by atoms with Crippen LogP contribution < -0.4 is 14.8 Å². The number of para-hydroxylation sites is 2. The minimum absolute atomic E-state index is 0.0951. The van der Waals surface area contributed by atoms with E-state index >= 15 is 0 Å². The van der Waals surface area contributed by atoms with E-state index in [-0.39, 0.29) is 18.2 Å². The average Bonchev–Trinajstić information content (AvgIpc) is 2.77. The molecule has 1 aromatic rings. The first-order chi connectivity index (χ1) is 8.63. The van der Waals surface area contributed by atoms with Crippen LogP contribution in [0.2, 0.25) is 0 Å². The standard InChI is InChI=1S/C11H12N2O2/c1-2-4-9-8(3-1)14-7-10(15-9)11-12-5-6-13-11/h1-4,10H,5-7H2,(H,12,13)/i1D,2D,5D. The van der Waals surface area contributed by atoms with Crippen molar-refractivity contribution in [3.05, 3.63) is 24.2 Å².